The van der Waals surface area contributed by atoms with Gasteiger partial charge in [-0.15, -0.1) is 0 Å². The largest absolute Gasteiger partial charge is 0.467 e. The second-order valence-corrected chi connectivity index (χ2v) is 5.97. The molecule has 0 atom stereocenters. The Morgan fingerprint density at radius 3 is 2.80 bits per heavy atom. The molecule has 1 amide bonds. The van der Waals surface area contributed by atoms with Gasteiger partial charge >= 0.3 is 0 Å². The average Bonchev–Trinajstić information content (AvgIpc) is 3.09. The Labute approximate surface area is 150 Å². The molecule has 6 nitrogen and oxygen atoms in total. The summed E-state index contributed by atoms with van der Waals surface area (Å²) < 4.78 is 5.27. The van der Waals surface area contributed by atoms with Crippen molar-refractivity contribution in [2.45, 2.75) is 20.4 Å². The van der Waals surface area contributed by atoms with Gasteiger partial charge in [-0.25, -0.2) is 9.97 Å². The van der Waals surface area contributed by atoms with Gasteiger partial charge in [-0.1, -0.05) is 17.7 Å². The first kappa shape index (κ1) is 17.0. The summed E-state index contributed by atoms with van der Waals surface area (Å²) in [5.74, 6) is 1.50. The van der Waals surface area contributed by atoms with Gasteiger partial charge in [-0.05, 0) is 43.7 Å². The molecule has 128 valence electrons. The number of carbonyl (C=O) groups is 1. The van der Waals surface area contributed by atoms with Crippen LogP contribution in [0, 0.1) is 13.8 Å². The Kier molecular flexibility index (Phi) is 5.00. The van der Waals surface area contributed by atoms with E-state index in [0.717, 1.165) is 11.3 Å². The molecule has 0 saturated heterocycles. The maximum atomic E-state index is 12.5. The molecule has 0 aliphatic heterocycles. The van der Waals surface area contributed by atoms with Crippen molar-refractivity contribution in [3.05, 3.63) is 70.5 Å². The Hall–Kier alpha value is -2.86. The van der Waals surface area contributed by atoms with Crippen LogP contribution in [-0.2, 0) is 6.54 Å². The zero-order chi connectivity index (χ0) is 17.8. The number of aryl methyl sites for hydroxylation is 2. The van der Waals surface area contributed by atoms with Gasteiger partial charge in [-0.3, -0.25) is 4.79 Å². The van der Waals surface area contributed by atoms with Crippen LogP contribution in [0.4, 0.5) is 11.5 Å². The molecule has 2 heterocycles. The van der Waals surface area contributed by atoms with Gasteiger partial charge in [0.15, 0.2) is 0 Å². The monoisotopic (exact) mass is 356 g/mol. The standard InChI is InChI=1S/C18H17ClN4O2/c1-11-5-6-13(19)8-15(11)23-18(24)16-9-17(22-12(2)21-16)20-10-14-4-3-7-25-14/h3-9H,10H2,1-2H3,(H,23,24)(H,20,21,22). The van der Waals surface area contributed by atoms with E-state index >= 15 is 0 Å². The highest BCUT2D eigenvalue weighted by Crippen LogP contribution is 2.21. The Morgan fingerprint density at radius 1 is 1.20 bits per heavy atom. The lowest BCUT2D eigenvalue weighted by atomic mass is 10.2. The number of hydrogen-bond acceptors (Lipinski definition) is 5. The number of amides is 1. The third-order valence-electron chi connectivity index (χ3n) is 3.54. The van der Waals surface area contributed by atoms with Gasteiger partial charge in [0.25, 0.3) is 5.91 Å². The van der Waals surface area contributed by atoms with Crippen LogP contribution < -0.4 is 10.6 Å². The van der Waals surface area contributed by atoms with E-state index in [1.807, 2.05) is 25.1 Å². The highest BCUT2D eigenvalue weighted by atomic mass is 35.5. The van der Waals surface area contributed by atoms with Crippen LogP contribution in [0.15, 0.2) is 47.1 Å². The third kappa shape index (κ3) is 4.36. The van der Waals surface area contributed by atoms with E-state index < -0.39 is 0 Å². The van der Waals surface area contributed by atoms with Crippen LogP contribution in [0.25, 0.3) is 0 Å². The van der Waals surface area contributed by atoms with Crippen molar-refractivity contribution >= 4 is 29.0 Å². The summed E-state index contributed by atoms with van der Waals surface area (Å²) in [4.78, 5) is 21.0. The lowest BCUT2D eigenvalue weighted by molar-refractivity contribution is 0.102. The van der Waals surface area contributed by atoms with Crippen LogP contribution >= 0.6 is 11.6 Å². The third-order valence-corrected chi connectivity index (χ3v) is 3.78. The number of carbonyl (C=O) groups excluding carboxylic acids is 1. The fourth-order valence-corrected chi connectivity index (χ4v) is 2.45. The predicted octanol–water partition coefficient (Wildman–Crippen LogP) is 4.20. The van der Waals surface area contributed by atoms with Crippen LogP contribution in [0.1, 0.15) is 27.6 Å². The number of benzene rings is 1. The fourth-order valence-electron chi connectivity index (χ4n) is 2.28. The summed E-state index contributed by atoms with van der Waals surface area (Å²) in [6.07, 6.45) is 1.61. The van der Waals surface area contributed by atoms with E-state index in [9.17, 15) is 4.79 Å². The second-order valence-electron chi connectivity index (χ2n) is 5.53. The quantitative estimate of drug-likeness (QED) is 0.716. The molecule has 7 heteroatoms. The van der Waals surface area contributed by atoms with E-state index in [0.29, 0.717) is 28.9 Å². The van der Waals surface area contributed by atoms with Crippen LogP contribution in [0.5, 0.6) is 0 Å². The van der Waals surface area contributed by atoms with E-state index in [1.165, 1.54) is 0 Å². The van der Waals surface area contributed by atoms with Gasteiger partial charge in [0.2, 0.25) is 0 Å². The zero-order valence-electron chi connectivity index (χ0n) is 13.8. The van der Waals surface area contributed by atoms with Crippen LogP contribution in [0.3, 0.4) is 0 Å². The van der Waals surface area contributed by atoms with Crippen molar-refractivity contribution < 1.29 is 9.21 Å². The van der Waals surface area contributed by atoms with Gasteiger partial charge < -0.3 is 15.1 Å². The molecule has 2 N–H and O–H groups in total. The Balaban J connectivity index is 1.76. The van der Waals surface area contributed by atoms with E-state index in [2.05, 4.69) is 20.6 Å². The zero-order valence-corrected chi connectivity index (χ0v) is 14.6. The smallest absolute Gasteiger partial charge is 0.274 e. The number of hydrogen-bond donors (Lipinski definition) is 2. The number of anilines is 2. The van der Waals surface area contributed by atoms with E-state index in [-0.39, 0.29) is 11.6 Å². The topological polar surface area (TPSA) is 80.0 Å². The molecule has 0 radical (unpaired) electrons. The highest BCUT2D eigenvalue weighted by molar-refractivity contribution is 6.31. The summed E-state index contributed by atoms with van der Waals surface area (Å²) >= 11 is 5.99. The first-order valence-electron chi connectivity index (χ1n) is 7.71. The second kappa shape index (κ2) is 7.36. The maximum Gasteiger partial charge on any atom is 0.274 e. The summed E-state index contributed by atoms with van der Waals surface area (Å²) in [5, 5.41) is 6.51. The first-order chi connectivity index (χ1) is 12.0. The molecule has 0 aliphatic rings. The fraction of sp³-hybridized carbons (Fsp3) is 0.167. The van der Waals surface area contributed by atoms with Gasteiger partial charge in [0, 0.05) is 16.8 Å². The SMILES string of the molecule is Cc1nc(NCc2ccco2)cc(C(=O)Nc2cc(Cl)ccc2C)n1. The number of furan rings is 1. The number of aromatic nitrogens is 2. The molecule has 1 aromatic carbocycles. The molecule has 25 heavy (non-hydrogen) atoms. The van der Waals surface area contributed by atoms with Crippen molar-refractivity contribution in [3.8, 4) is 0 Å². The van der Waals surface area contributed by atoms with Crippen molar-refractivity contribution in [1.82, 2.24) is 9.97 Å². The number of nitrogens with one attached hydrogen (secondary N) is 2. The first-order valence-corrected chi connectivity index (χ1v) is 8.08. The molecule has 3 rings (SSSR count). The molecule has 0 bridgehead atoms. The average molecular weight is 357 g/mol. The number of nitrogens with zero attached hydrogens (tertiary/aromatic N) is 2. The summed E-state index contributed by atoms with van der Waals surface area (Å²) in [6.45, 7) is 4.10. The Bertz CT molecular complexity index is 894. The van der Waals surface area contributed by atoms with Crippen molar-refractivity contribution in [2.75, 3.05) is 10.6 Å². The molecule has 0 unspecified atom stereocenters. The molecule has 2 aromatic heterocycles. The molecule has 0 aliphatic carbocycles. The number of halogens is 1. The van der Waals surface area contributed by atoms with Crippen LogP contribution in [-0.4, -0.2) is 15.9 Å². The normalized spacial score (nSPS) is 10.5. The minimum atomic E-state index is -0.322. The highest BCUT2D eigenvalue weighted by Gasteiger charge is 2.12. The van der Waals surface area contributed by atoms with E-state index in [1.54, 1.807) is 31.4 Å². The van der Waals surface area contributed by atoms with Gasteiger partial charge in [-0.2, -0.15) is 0 Å². The molecule has 0 saturated carbocycles. The van der Waals surface area contributed by atoms with Crippen molar-refractivity contribution in [2.24, 2.45) is 0 Å². The lowest BCUT2D eigenvalue weighted by Gasteiger charge is -2.10. The van der Waals surface area contributed by atoms with Crippen molar-refractivity contribution in [1.29, 1.82) is 0 Å². The molecular formula is C18H17ClN4O2. The van der Waals surface area contributed by atoms with Crippen LogP contribution in [0.2, 0.25) is 5.02 Å². The van der Waals surface area contributed by atoms with Gasteiger partial charge in [0.05, 0.1) is 12.8 Å². The lowest BCUT2D eigenvalue weighted by Crippen LogP contribution is -2.16. The predicted molar refractivity (Wildman–Crippen MR) is 96.9 cm³/mol. The maximum absolute atomic E-state index is 12.5. The molecule has 3 aromatic rings. The summed E-state index contributed by atoms with van der Waals surface area (Å²) in [5.41, 5.74) is 1.84. The van der Waals surface area contributed by atoms with E-state index in [4.69, 9.17) is 16.0 Å². The Morgan fingerprint density at radius 2 is 2.04 bits per heavy atom. The summed E-state index contributed by atoms with van der Waals surface area (Å²) in [6, 6.07) is 10.6. The summed E-state index contributed by atoms with van der Waals surface area (Å²) in [7, 11) is 0. The number of rotatable bonds is 5. The molecule has 0 fully saturated rings. The molecular weight excluding hydrogens is 340 g/mol. The minimum Gasteiger partial charge on any atom is -0.467 e. The van der Waals surface area contributed by atoms with Crippen molar-refractivity contribution in [3.63, 3.8) is 0 Å². The van der Waals surface area contributed by atoms with Gasteiger partial charge in [0.1, 0.15) is 23.1 Å². The molecule has 0 spiro atoms. The minimum absolute atomic E-state index is 0.272.